The molecule has 0 spiro atoms. The maximum atomic E-state index is 13.4. The minimum Gasteiger partial charge on any atom is -0.369 e. The number of carbonyl (C=O) groups is 1. The first kappa shape index (κ1) is 22.2. The lowest BCUT2D eigenvalue weighted by molar-refractivity contribution is -0.116. The molecule has 6 nitrogen and oxygen atoms in total. The van der Waals surface area contributed by atoms with E-state index in [9.17, 15) is 13.2 Å². The van der Waals surface area contributed by atoms with E-state index in [0.717, 1.165) is 17.1 Å². The normalized spacial score (nSPS) is 17.9. The lowest BCUT2D eigenvalue weighted by atomic mass is 10.1. The number of carbonyl (C=O) groups excluding carboxylic acids is 1. The molecule has 0 N–H and O–H groups in total. The molecule has 0 bridgehead atoms. The van der Waals surface area contributed by atoms with Crippen molar-refractivity contribution in [3.05, 3.63) is 47.5 Å². The van der Waals surface area contributed by atoms with Crippen LogP contribution in [0.4, 0.5) is 11.4 Å². The first-order chi connectivity index (χ1) is 14.8. The highest BCUT2D eigenvalue weighted by molar-refractivity contribution is 7.99. The maximum absolute atomic E-state index is 13.4. The number of fused-ring (bicyclic) bond motifs is 1. The van der Waals surface area contributed by atoms with Gasteiger partial charge in [-0.1, -0.05) is 12.1 Å². The van der Waals surface area contributed by atoms with Crippen molar-refractivity contribution >= 4 is 39.1 Å². The summed E-state index contributed by atoms with van der Waals surface area (Å²) in [7, 11) is -3.62. The number of hydrogen-bond donors (Lipinski definition) is 0. The predicted molar refractivity (Wildman–Crippen MR) is 127 cm³/mol. The summed E-state index contributed by atoms with van der Waals surface area (Å²) in [5.74, 6) is 0.865. The number of amides is 1. The topological polar surface area (TPSA) is 60.9 Å². The second-order valence-corrected chi connectivity index (χ2v) is 11.2. The fourth-order valence-corrected chi connectivity index (χ4v) is 6.66. The van der Waals surface area contributed by atoms with Gasteiger partial charge in [-0.05, 0) is 61.4 Å². The van der Waals surface area contributed by atoms with E-state index < -0.39 is 10.0 Å². The van der Waals surface area contributed by atoms with Gasteiger partial charge in [0.1, 0.15) is 0 Å². The molecule has 166 valence electrons. The van der Waals surface area contributed by atoms with E-state index in [4.69, 9.17) is 0 Å². The van der Waals surface area contributed by atoms with Gasteiger partial charge in [-0.2, -0.15) is 4.31 Å². The van der Waals surface area contributed by atoms with Crippen LogP contribution in [0, 0.1) is 13.8 Å². The molecule has 2 heterocycles. The highest BCUT2D eigenvalue weighted by atomic mass is 32.2. The van der Waals surface area contributed by atoms with Crippen LogP contribution in [0.1, 0.15) is 24.5 Å². The van der Waals surface area contributed by atoms with Crippen LogP contribution in [-0.4, -0.2) is 57.1 Å². The number of rotatable bonds is 3. The Labute approximate surface area is 189 Å². The van der Waals surface area contributed by atoms with Crippen molar-refractivity contribution < 1.29 is 13.2 Å². The first-order valence-electron chi connectivity index (χ1n) is 10.7. The average Bonchev–Trinajstić information content (AvgIpc) is 2.98. The molecule has 1 fully saturated rings. The van der Waals surface area contributed by atoms with Crippen LogP contribution >= 0.6 is 11.8 Å². The van der Waals surface area contributed by atoms with Gasteiger partial charge in [0.2, 0.25) is 15.9 Å². The van der Waals surface area contributed by atoms with Crippen molar-refractivity contribution in [2.75, 3.05) is 48.3 Å². The van der Waals surface area contributed by atoms with Gasteiger partial charge in [0.05, 0.1) is 10.6 Å². The number of anilines is 2. The van der Waals surface area contributed by atoms with Gasteiger partial charge in [0, 0.05) is 50.2 Å². The van der Waals surface area contributed by atoms with Gasteiger partial charge in [0.15, 0.2) is 0 Å². The number of aryl methyl sites for hydroxylation is 1. The average molecular weight is 460 g/mol. The Hall–Kier alpha value is -2.03. The van der Waals surface area contributed by atoms with Crippen molar-refractivity contribution in [2.24, 2.45) is 0 Å². The van der Waals surface area contributed by atoms with E-state index in [2.05, 4.69) is 36.9 Å². The molecule has 4 rings (SSSR count). The molecule has 1 saturated heterocycles. The Kier molecular flexibility index (Phi) is 6.32. The molecule has 2 aliphatic heterocycles. The first-order valence-corrected chi connectivity index (χ1v) is 13.1. The molecule has 2 aromatic carbocycles. The summed E-state index contributed by atoms with van der Waals surface area (Å²) in [6, 6.07) is 11.5. The molecule has 0 saturated carbocycles. The highest BCUT2D eigenvalue weighted by Gasteiger charge is 2.30. The quantitative estimate of drug-likeness (QED) is 0.701. The van der Waals surface area contributed by atoms with Crippen molar-refractivity contribution in [1.29, 1.82) is 0 Å². The summed E-state index contributed by atoms with van der Waals surface area (Å²) in [5.41, 5.74) is 4.37. The molecule has 31 heavy (non-hydrogen) atoms. The smallest absolute Gasteiger partial charge is 0.243 e. The van der Waals surface area contributed by atoms with Crippen LogP contribution in [0.2, 0.25) is 0 Å². The summed E-state index contributed by atoms with van der Waals surface area (Å²) >= 11 is 1.68. The lowest BCUT2D eigenvalue weighted by Crippen LogP contribution is -2.48. The summed E-state index contributed by atoms with van der Waals surface area (Å²) in [6.07, 6.45) is 0.890. The summed E-state index contributed by atoms with van der Waals surface area (Å²) < 4.78 is 28.4. The van der Waals surface area contributed by atoms with Crippen LogP contribution in [0.5, 0.6) is 0 Å². The number of nitrogens with zero attached hydrogens (tertiary/aromatic N) is 3. The van der Waals surface area contributed by atoms with E-state index in [0.29, 0.717) is 38.4 Å². The number of piperazine rings is 1. The Morgan fingerprint density at radius 2 is 1.71 bits per heavy atom. The third-order valence-electron chi connectivity index (χ3n) is 6.18. The Bertz CT molecular complexity index is 1090. The Morgan fingerprint density at radius 3 is 2.42 bits per heavy atom. The van der Waals surface area contributed by atoms with E-state index in [1.54, 1.807) is 33.1 Å². The maximum Gasteiger partial charge on any atom is 0.243 e. The Morgan fingerprint density at radius 1 is 0.968 bits per heavy atom. The van der Waals surface area contributed by atoms with Crippen LogP contribution in [-0.2, 0) is 14.8 Å². The summed E-state index contributed by atoms with van der Waals surface area (Å²) in [5, 5.41) is 0. The molecule has 0 aliphatic carbocycles. The Balaban J connectivity index is 1.56. The standard InChI is InChI=1S/C23H29N3O3S2/c1-17-6-4-7-21(18(17)2)24-11-13-25(14-12-24)31(28,29)20-8-9-23-22(16-20)26(19(3)27)10-5-15-30-23/h4,6-9,16H,5,10-15H2,1-3H3. The molecular weight excluding hydrogens is 430 g/mol. The van der Waals surface area contributed by atoms with Crippen LogP contribution < -0.4 is 9.80 Å². The molecule has 1 amide bonds. The van der Waals surface area contributed by atoms with Gasteiger partial charge >= 0.3 is 0 Å². The minimum absolute atomic E-state index is 0.0552. The molecule has 0 atom stereocenters. The van der Waals surface area contributed by atoms with Crippen LogP contribution in [0.3, 0.4) is 0 Å². The van der Waals surface area contributed by atoms with E-state index >= 15 is 0 Å². The number of thioether (sulfide) groups is 1. The molecule has 0 radical (unpaired) electrons. The van der Waals surface area contributed by atoms with Gasteiger partial charge in [-0.3, -0.25) is 4.79 Å². The van der Waals surface area contributed by atoms with Crippen molar-refractivity contribution in [3.63, 3.8) is 0 Å². The van der Waals surface area contributed by atoms with Gasteiger partial charge in [-0.25, -0.2) is 8.42 Å². The van der Waals surface area contributed by atoms with Gasteiger partial charge in [-0.15, -0.1) is 11.8 Å². The number of hydrogen-bond acceptors (Lipinski definition) is 5. The molecule has 8 heteroatoms. The van der Waals surface area contributed by atoms with E-state index in [-0.39, 0.29) is 10.8 Å². The van der Waals surface area contributed by atoms with Gasteiger partial charge in [0.25, 0.3) is 0 Å². The van der Waals surface area contributed by atoms with E-state index in [1.807, 2.05) is 6.07 Å². The van der Waals surface area contributed by atoms with Crippen LogP contribution in [0.15, 0.2) is 46.2 Å². The zero-order chi connectivity index (χ0) is 22.2. The molecule has 2 aromatic rings. The molecular formula is C23H29N3O3S2. The summed E-state index contributed by atoms with van der Waals surface area (Å²) in [6.45, 7) is 8.56. The number of benzene rings is 2. The zero-order valence-corrected chi connectivity index (χ0v) is 19.9. The minimum atomic E-state index is -3.62. The second kappa shape index (κ2) is 8.84. The number of sulfonamides is 1. The summed E-state index contributed by atoms with van der Waals surface area (Å²) in [4.78, 5) is 17.3. The van der Waals surface area contributed by atoms with Crippen molar-refractivity contribution in [3.8, 4) is 0 Å². The third kappa shape index (κ3) is 4.33. The molecule has 0 aromatic heterocycles. The fourth-order valence-electron chi connectivity index (χ4n) is 4.24. The lowest BCUT2D eigenvalue weighted by Gasteiger charge is -2.36. The highest BCUT2D eigenvalue weighted by Crippen LogP contribution is 2.36. The second-order valence-electron chi connectivity index (χ2n) is 8.11. The molecule has 0 unspecified atom stereocenters. The van der Waals surface area contributed by atoms with Gasteiger partial charge < -0.3 is 9.80 Å². The molecule has 2 aliphatic rings. The fraction of sp³-hybridized carbons (Fsp3) is 0.435. The van der Waals surface area contributed by atoms with Crippen molar-refractivity contribution in [2.45, 2.75) is 37.0 Å². The predicted octanol–water partition coefficient (Wildman–Crippen LogP) is 3.66. The van der Waals surface area contributed by atoms with E-state index in [1.165, 1.54) is 23.7 Å². The zero-order valence-electron chi connectivity index (χ0n) is 18.3. The SMILES string of the molecule is CC(=O)N1CCCSc2ccc(S(=O)(=O)N3CCN(c4cccc(C)c4C)CC3)cc21. The van der Waals surface area contributed by atoms with Crippen LogP contribution in [0.25, 0.3) is 0 Å². The largest absolute Gasteiger partial charge is 0.369 e. The monoisotopic (exact) mass is 459 g/mol. The van der Waals surface area contributed by atoms with Crippen molar-refractivity contribution in [1.82, 2.24) is 4.31 Å². The third-order valence-corrected chi connectivity index (χ3v) is 9.22.